The zero-order chi connectivity index (χ0) is 10.5. The van der Waals surface area contributed by atoms with Crippen molar-refractivity contribution in [3.8, 4) is 11.1 Å². The van der Waals surface area contributed by atoms with Gasteiger partial charge >= 0.3 is 0 Å². The zero-order valence-corrected chi connectivity index (χ0v) is 8.04. The van der Waals surface area contributed by atoms with E-state index in [2.05, 4.69) is 10.0 Å². The largest absolute Gasteiger partial charge is 0.0622 e. The lowest BCUT2D eigenvalue weighted by Crippen LogP contribution is -1.75. The molecule has 0 fully saturated rings. The summed E-state index contributed by atoms with van der Waals surface area (Å²) < 4.78 is 0. The Morgan fingerprint density at radius 1 is 0.867 bits per heavy atom. The van der Waals surface area contributed by atoms with Crippen molar-refractivity contribution in [3.63, 3.8) is 0 Å². The van der Waals surface area contributed by atoms with Gasteiger partial charge in [0.15, 0.2) is 0 Å². The van der Waals surface area contributed by atoms with Crippen LogP contribution in [0.2, 0.25) is 0 Å². The second-order valence-corrected chi connectivity index (χ2v) is 3.11. The van der Waals surface area contributed by atoms with Crippen molar-refractivity contribution in [1.29, 1.82) is 0 Å². The Kier molecular flexibility index (Phi) is 2.68. The molecule has 0 aliphatic carbocycles. The molecule has 0 radical (unpaired) electrons. The van der Waals surface area contributed by atoms with Crippen LogP contribution in [0.5, 0.6) is 0 Å². The molecule has 0 N–H and O–H groups in total. The van der Waals surface area contributed by atoms with Crippen LogP contribution in [0.15, 0.2) is 59.7 Å². The minimum atomic E-state index is 0.638. The van der Waals surface area contributed by atoms with Crippen LogP contribution >= 0.6 is 0 Å². The molecule has 0 atom stereocenters. The van der Waals surface area contributed by atoms with Crippen molar-refractivity contribution >= 4 is 5.69 Å². The van der Waals surface area contributed by atoms with Crippen LogP contribution in [0.3, 0.4) is 0 Å². The average molecular weight is 195 g/mol. The molecule has 2 aromatic rings. The topological polar surface area (TPSA) is 48.8 Å². The quantitative estimate of drug-likeness (QED) is 0.390. The second kappa shape index (κ2) is 4.31. The summed E-state index contributed by atoms with van der Waals surface area (Å²) in [6, 6.07) is 17.5. The van der Waals surface area contributed by atoms with Crippen molar-refractivity contribution in [2.45, 2.75) is 0 Å². The van der Waals surface area contributed by atoms with E-state index < -0.39 is 0 Å². The normalized spacial score (nSPS) is 9.33. The lowest BCUT2D eigenvalue weighted by atomic mass is 10.1. The monoisotopic (exact) mass is 195 g/mol. The summed E-state index contributed by atoms with van der Waals surface area (Å²) in [6.07, 6.45) is 0. The van der Waals surface area contributed by atoms with Crippen molar-refractivity contribution in [3.05, 3.63) is 65.0 Å². The van der Waals surface area contributed by atoms with Crippen LogP contribution in [0.1, 0.15) is 0 Å². The van der Waals surface area contributed by atoms with Crippen molar-refractivity contribution < 1.29 is 0 Å². The summed E-state index contributed by atoms with van der Waals surface area (Å²) >= 11 is 0. The molecule has 0 amide bonds. The number of hydrogen-bond acceptors (Lipinski definition) is 1. The number of hydrogen-bond donors (Lipinski definition) is 0. The number of nitrogens with zero attached hydrogens (tertiary/aromatic N) is 3. The molecule has 0 heterocycles. The first-order valence-electron chi connectivity index (χ1n) is 4.61. The molecule has 72 valence electrons. The molecule has 2 rings (SSSR count). The number of azide groups is 1. The summed E-state index contributed by atoms with van der Waals surface area (Å²) in [7, 11) is 0. The molecule has 0 unspecified atom stereocenters. The van der Waals surface area contributed by atoms with Crippen LogP contribution in [-0.4, -0.2) is 0 Å². The van der Waals surface area contributed by atoms with E-state index in [1.165, 1.54) is 0 Å². The lowest BCUT2D eigenvalue weighted by Gasteiger charge is -2.01. The van der Waals surface area contributed by atoms with E-state index in [-0.39, 0.29) is 0 Å². The molecule has 0 saturated carbocycles. The van der Waals surface area contributed by atoms with Gasteiger partial charge in [0.25, 0.3) is 0 Å². The van der Waals surface area contributed by atoms with Crippen LogP contribution in [0.4, 0.5) is 5.69 Å². The Labute approximate surface area is 87.6 Å². The Morgan fingerprint density at radius 3 is 2.33 bits per heavy atom. The first kappa shape index (κ1) is 9.31. The summed E-state index contributed by atoms with van der Waals surface area (Å²) in [5.41, 5.74) is 11.2. The number of benzene rings is 2. The van der Waals surface area contributed by atoms with Crippen molar-refractivity contribution in [2.24, 2.45) is 5.11 Å². The summed E-state index contributed by atoms with van der Waals surface area (Å²) in [6.45, 7) is 0. The Balaban J connectivity index is 2.46. The standard InChI is InChI=1S/C12H9N3/c13-15-14-12-8-4-7-11(9-12)10-5-2-1-3-6-10/h1-9H. The predicted octanol–water partition coefficient (Wildman–Crippen LogP) is 4.30. The van der Waals surface area contributed by atoms with Gasteiger partial charge < -0.3 is 0 Å². The van der Waals surface area contributed by atoms with Crippen LogP contribution < -0.4 is 0 Å². The molecule has 2 aromatic carbocycles. The van der Waals surface area contributed by atoms with Crippen LogP contribution in [0.25, 0.3) is 21.6 Å². The van der Waals surface area contributed by atoms with Gasteiger partial charge in [-0.15, -0.1) is 0 Å². The first-order chi connectivity index (χ1) is 7.40. The molecule has 0 aliphatic heterocycles. The maximum absolute atomic E-state index is 8.34. The molecule has 0 saturated heterocycles. The van der Waals surface area contributed by atoms with Gasteiger partial charge in [-0.1, -0.05) is 53.6 Å². The van der Waals surface area contributed by atoms with E-state index in [1.54, 1.807) is 6.07 Å². The molecule has 15 heavy (non-hydrogen) atoms. The number of rotatable bonds is 2. The van der Waals surface area contributed by atoms with Gasteiger partial charge in [-0.3, -0.25) is 0 Å². The maximum atomic E-state index is 8.34. The third kappa shape index (κ3) is 2.16. The molecule has 0 aromatic heterocycles. The third-order valence-electron chi connectivity index (χ3n) is 2.11. The molecule has 0 spiro atoms. The predicted molar refractivity (Wildman–Crippen MR) is 60.7 cm³/mol. The van der Waals surface area contributed by atoms with Gasteiger partial charge in [0, 0.05) is 10.6 Å². The van der Waals surface area contributed by atoms with E-state index in [4.69, 9.17) is 5.53 Å². The van der Waals surface area contributed by atoms with Crippen LogP contribution in [-0.2, 0) is 0 Å². The summed E-state index contributed by atoms with van der Waals surface area (Å²) in [4.78, 5) is 2.77. The minimum Gasteiger partial charge on any atom is -0.0622 e. The third-order valence-corrected chi connectivity index (χ3v) is 2.11. The van der Waals surface area contributed by atoms with E-state index >= 15 is 0 Å². The lowest BCUT2D eigenvalue weighted by molar-refractivity contribution is 1.47. The molecule has 0 bridgehead atoms. The van der Waals surface area contributed by atoms with E-state index in [9.17, 15) is 0 Å². The van der Waals surface area contributed by atoms with Gasteiger partial charge in [-0.05, 0) is 22.7 Å². The van der Waals surface area contributed by atoms with Crippen molar-refractivity contribution in [2.75, 3.05) is 0 Å². The second-order valence-electron chi connectivity index (χ2n) is 3.11. The fourth-order valence-electron chi connectivity index (χ4n) is 1.43. The maximum Gasteiger partial charge on any atom is 0.0381 e. The molecular weight excluding hydrogens is 186 g/mol. The van der Waals surface area contributed by atoms with Crippen molar-refractivity contribution in [1.82, 2.24) is 0 Å². The molecular formula is C12H9N3. The fraction of sp³-hybridized carbons (Fsp3) is 0. The highest BCUT2D eigenvalue weighted by Gasteiger charge is 1.96. The molecule has 3 heteroatoms. The molecule has 3 nitrogen and oxygen atoms in total. The van der Waals surface area contributed by atoms with Gasteiger partial charge in [0.1, 0.15) is 0 Å². The minimum absolute atomic E-state index is 0.638. The highest BCUT2D eigenvalue weighted by molar-refractivity contribution is 5.66. The van der Waals surface area contributed by atoms with Crippen LogP contribution in [0, 0.1) is 0 Å². The SMILES string of the molecule is [N-]=[N+]=Nc1cccc(-c2ccccc2)c1. The summed E-state index contributed by atoms with van der Waals surface area (Å²) in [5.74, 6) is 0. The van der Waals surface area contributed by atoms with Gasteiger partial charge in [0.2, 0.25) is 0 Å². The van der Waals surface area contributed by atoms with Gasteiger partial charge in [-0.2, -0.15) is 0 Å². The highest BCUT2D eigenvalue weighted by atomic mass is 15.1. The Bertz CT molecular complexity index is 499. The fourth-order valence-corrected chi connectivity index (χ4v) is 1.43. The first-order valence-corrected chi connectivity index (χ1v) is 4.61. The highest BCUT2D eigenvalue weighted by Crippen LogP contribution is 2.23. The van der Waals surface area contributed by atoms with Gasteiger partial charge in [0.05, 0.1) is 0 Å². The summed E-state index contributed by atoms with van der Waals surface area (Å²) in [5, 5.41) is 3.57. The van der Waals surface area contributed by atoms with E-state index in [0.29, 0.717) is 5.69 Å². The average Bonchev–Trinajstić information content (AvgIpc) is 2.31. The Morgan fingerprint density at radius 2 is 1.60 bits per heavy atom. The van der Waals surface area contributed by atoms with Gasteiger partial charge in [-0.25, -0.2) is 0 Å². The van der Waals surface area contributed by atoms with E-state index in [0.717, 1.165) is 11.1 Å². The zero-order valence-electron chi connectivity index (χ0n) is 8.04. The molecule has 0 aliphatic rings. The van der Waals surface area contributed by atoms with E-state index in [1.807, 2.05) is 48.5 Å². The smallest absolute Gasteiger partial charge is 0.0381 e. The Hall–Kier alpha value is -2.25.